The lowest BCUT2D eigenvalue weighted by atomic mass is 9.67. The Labute approximate surface area is 300 Å². The van der Waals surface area contributed by atoms with Crippen molar-refractivity contribution in [1.29, 1.82) is 0 Å². The van der Waals surface area contributed by atoms with E-state index in [4.69, 9.17) is 0 Å². The number of anilines is 3. The highest BCUT2D eigenvalue weighted by Crippen LogP contribution is 2.58. The highest BCUT2D eigenvalue weighted by molar-refractivity contribution is 5.99. The van der Waals surface area contributed by atoms with E-state index in [-0.39, 0.29) is 5.41 Å². The van der Waals surface area contributed by atoms with Gasteiger partial charge in [0.25, 0.3) is 0 Å². The van der Waals surface area contributed by atoms with Crippen molar-refractivity contribution in [3.63, 3.8) is 0 Å². The molecule has 2 aliphatic carbocycles. The third-order valence-electron chi connectivity index (χ3n) is 11.5. The number of rotatable bonds is 5. The first-order valence-electron chi connectivity index (χ1n) is 17.9. The average molecular weight is 652 g/mol. The molecule has 0 N–H and O–H groups in total. The molecule has 8 aromatic carbocycles. The van der Waals surface area contributed by atoms with Crippen molar-refractivity contribution in [3.8, 4) is 22.3 Å². The van der Waals surface area contributed by atoms with Crippen LogP contribution in [0.5, 0.6) is 0 Å². The topological polar surface area (TPSA) is 3.24 Å². The van der Waals surface area contributed by atoms with Crippen molar-refractivity contribution >= 4 is 27.8 Å². The second kappa shape index (κ2) is 11.2. The SMILES string of the molecule is CC1(C)c2ccccc2-c2cccc(N(c3ccccc3)c3ccc4cc5c(cc4c3)C(c3ccccc3)(c3ccccc3)c3ccccc3-5)c21. The highest BCUT2D eigenvalue weighted by Gasteiger charge is 2.46. The van der Waals surface area contributed by atoms with E-state index in [1.807, 2.05) is 0 Å². The third kappa shape index (κ3) is 4.22. The Balaban J connectivity index is 1.23. The van der Waals surface area contributed by atoms with E-state index in [0.29, 0.717) is 0 Å². The molecule has 0 unspecified atom stereocenters. The van der Waals surface area contributed by atoms with Crippen LogP contribution in [0.4, 0.5) is 17.1 Å². The molecule has 0 saturated heterocycles. The Kier molecular flexibility index (Phi) is 6.51. The molecule has 0 heterocycles. The van der Waals surface area contributed by atoms with Gasteiger partial charge >= 0.3 is 0 Å². The molecule has 0 aromatic heterocycles. The number of hydrogen-bond acceptors (Lipinski definition) is 1. The number of para-hydroxylation sites is 1. The van der Waals surface area contributed by atoms with Crippen LogP contribution in [0, 0.1) is 0 Å². The molecule has 51 heavy (non-hydrogen) atoms. The largest absolute Gasteiger partial charge is 0.310 e. The summed E-state index contributed by atoms with van der Waals surface area (Å²) in [6.07, 6.45) is 0. The normalized spacial score (nSPS) is 14.4. The molecule has 0 fully saturated rings. The van der Waals surface area contributed by atoms with Crippen LogP contribution in [0.25, 0.3) is 33.0 Å². The van der Waals surface area contributed by atoms with Gasteiger partial charge in [-0.25, -0.2) is 0 Å². The molecule has 10 rings (SSSR count). The maximum Gasteiger partial charge on any atom is 0.0713 e. The molecule has 1 nitrogen and oxygen atoms in total. The Morgan fingerprint density at radius 3 is 1.63 bits per heavy atom. The zero-order valence-electron chi connectivity index (χ0n) is 28.8. The van der Waals surface area contributed by atoms with Gasteiger partial charge in [-0.1, -0.05) is 159 Å². The quantitative estimate of drug-likeness (QED) is 0.179. The van der Waals surface area contributed by atoms with Gasteiger partial charge in [0.15, 0.2) is 0 Å². The maximum atomic E-state index is 2.48. The zero-order valence-corrected chi connectivity index (χ0v) is 28.8. The summed E-state index contributed by atoms with van der Waals surface area (Å²) in [5.74, 6) is 0. The minimum Gasteiger partial charge on any atom is -0.310 e. The van der Waals surface area contributed by atoms with Crippen LogP contribution in [0.15, 0.2) is 188 Å². The van der Waals surface area contributed by atoms with Crippen LogP contribution < -0.4 is 4.90 Å². The summed E-state index contributed by atoms with van der Waals surface area (Å²) in [6, 6.07) is 69.7. The molecule has 0 amide bonds. The number of hydrogen-bond donors (Lipinski definition) is 0. The predicted molar refractivity (Wildman–Crippen MR) is 213 cm³/mol. The van der Waals surface area contributed by atoms with E-state index in [2.05, 4.69) is 207 Å². The van der Waals surface area contributed by atoms with Crippen LogP contribution in [0.2, 0.25) is 0 Å². The summed E-state index contributed by atoms with van der Waals surface area (Å²) >= 11 is 0. The van der Waals surface area contributed by atoms with Gasteiger partial charge in [0.1, 0.15) is 0 Å². The third-order valence-corrected chi connectivity index (χ3v) is 11.5. The van der Waals surface area contributed by atoms with Gasteiger partial charge in [0, 0.05) is 16.8 Å². The molecule has 0 spiro atoms. The Morgan fingerprint density at radius 1 is 0.373 bits per heavy atom. The summed E-state index contributed by atoms with van der Waals surface area (Å²) in [6.45, 7) is 4.75. The standard InChI is InChI=1S/C50H37N/c1-49(2)44-26-14-12-23-40(44)42-25-16-28-47(48(42)49)51(38-21-10-5-11-22-38)39-30-29-34-32-43-41-24-13-15-27-45(41)50(36-17-6-3-7-18-36,37-19-8-4-9-20-37)46(43)33-35(34)31-39/h3-33H,1-2H3. The van der Waals surface area contributed by atoms with E-state index >= 15 is 0 Å². The van der Waals surface area contributed by atoms with Gasteiger partial charge in [-0.2, -0.15) is 0 Å². The number of nitrogens with zero attached hydrogens (tertiary/aromatic N) is 1. The van der Waals surface area contributed by atoms with Gasteiger partial charge in [0.2, 0.25) is 0 Å². The van der Waals surface area contributed by atoms with Crippen molar-refractivity contribution < 1.29 is 0 Å². The molecule has 0 bridgehead atoms. The smallest absolute Gasteiger partial charge is 0.0713 e. The lowest BCUT2D eigenvalue weighted by molar-refractivity contribution is 0.661. The van der Waals surface area contributed by atoms with Gasteiger partial charge in [-0.3, -0.25) is 0 Å². The van der Waals surface area contributed by atoms with E-state index in [1.165, 1.54) is 72.1 Å². The highest BCUT2D eigenvalue weighted by atomic mass is 15.1. The Hall–Kier alpha value is -6.18. The first-order chi connectivity index (χ1) is 25.1. The first-order valence-corrected chi connectivity index (χ1v) is 17.9. The van der Waals surface area contributed by atoms with Crippen LogP contribution in [0.3, 0.4) is 0 Å². The van der Waals surface area contributed by atoms with Gasteiger partial charge in [-0.15, -0.1) is 0 Å². The predicted octanol–water partition coefficient (Wildman–Crippen LogP) is 13.0. The maximum absolute atomic E-state index is 2.48. The zero-order chi connectivity index (χ0) is 34.2. The second-order valence-corrected chi connectivity index (χ2v) is 14.5. The first kappa shape index (κ1) is 29.7. The minimum atomic E-state index is -0.437. The molecule has 0 radical (unpaired) electrons. The number of benzene rings is 8. The Bertz CT molecular complexity index is 2560. The fourth-order valence-corrected chi connectivity index (χ4v) is 9.32. The summed E-state index contributed by atoms with van der Waals surface area (Å²) in [5, 5.41) is 2.47. The summed E-state index contributed by atoms with van der Waals surface area (Å²) < 4.78 is 0. The van der Waals surface area contributed by atoms with Crippen molar-refractivity contribution in [1.82, 2.24) is 0 Å². The minimum absolute atomic E-state index is 0.149. The van der Waals surface area contributed by atoms with Crippen LogP contribution in [-0.2, 0) is 10.8 Å². The van der Waals surface area contributed by atoms with Crippen molar-refractivity contribution in [2.45, 2.75) is 24.7 Å². The van der Waals surface area contributed by atoms with Crippen molar-refractivity contribution in [2.75, 3.05) is 4.90 Å². The fourth-order valence-electron chi connectivity index (χ4n) is 9.32. The Morgan fingerprint density at radius 2 is 0.941 bits per heavy atom. The average Bonchev–Trinajstić information content (AvgIpc) is 3.61. The van der Waals surface area contributed by atoms with Crippen LogP contribution in [-0.4, -0.2) is 0 Å². The van der Waals surface area contributed by atoms with Gasteiger partial charge in [-0.05, 0) is 109 Å². The lowest BCUT2D eigenvalue weighted by Crippen LogP contribution is -2.28. The summed E-state index contributed by atoms with van der Waals surface area (Å²) in [4.78, 5) is 2.47. The number of fused-ring (bicyclic) bond motifs is 7. The monoisotopic (exact) mass is 651 g/mol. The molecule has 8 aromatic rings. The molecule has 242 valence electrons. The van der Waals surface area contributed by atoms with Gasteiger partial charge < -0.3 is 4.90 Å². The summed E-state index contributed by atoms with van der Waals surface area (Å²) in [5.41, 5.74) is 16.2. The van der Waals surface area contributed by atoms with Crippen molar-refractivity contribution in [3.05, 3.63) is 221 Å². The van der Waals surface area contributed by atoms with E-state index in [1.54, 1.807) is 0 Å². The molecule has 0 aliphatic heterocycles. The molecular formula is C50H37N. The fraction of sp³-hybridized carbons (Fsp3) is 0.0800. The lowest BCUT2D eigenvalue weighted by Gasteiger charge is -2.34. The molecule has 0 saturated carbocycles. The van der Waals surface area contributed by atoms with Crippen LogP contribution >= 0.6 is 0 Å². The van der Waals surface area contributed by atoms with Crippen molar-refractivity contribution in [2.24, 2.45) is 0 Å². The van der Waals surface area contributed by atoms with Crippen LogP contribution in [0.1, 0.15) is 47.2 Å². The molecule has 0 atom stereocenters. The van der Waals surface area contributed by atoms with E-state index in [0.717, 1.165) is 11.4 Å². The van der Waals surface area contributed by atoms with E-state index < -0.39 is 5.41 Å². The molecular weight excluding hydrogens is 615 g/mol. The molecule has 1 heteroatoms. The second-order valence-electron chi connectivity index (χ2n) is 14.5. The molecule has 2 aliphatic rings. The van der Waals surface area contributed by atoms with Gasteiger partial charge in [0.05, 0.1) is 11.1 Å². The van der Waals surface area contributed by atoms with E-state index in [9.17, 15) is 0 Å². The summed E-state index contributed by atoms with van der Waals surface area (Å²) in [7, 11) is 0.